The molecule has 4 aromatic rings. The Labute approximate surface area is 209 Å². The predicted molar refractivity (Wildman–Crippen MR) is 141 cm³/mol. The van der Waals surface area contributed by atoms with Gasteiger partial charge in [0.25, 0.3) is 0 Å². The first kappa shape index (κ1) is 23.2. The Morgan fingerprint density at radius 2 is 2.06 bits per heavy atom. The maximum atomic E-state index is 6.67. The first-order valence-electron chi connectivity index (χ1n) is 11.6. The van der Waals surface area contributed by atoms with Crippen LogP contribution in [0, 0.1) is 6.92 Å². The molecule has 3 N–H and O–H groups in total. The van der Waals surface area contributed by atoms with Gasteiger partial charge in [0.05, 0.1) is 10.7 Å². The molecule has 0 aliphatic carbocycles. The molecule has 1 aliphatic rings. The van der Waals surface area contributed by atoms with Crippen molar-refractivity contribution in [3.05, 3.63) is 52.8 Å². The number of hydrogen-bond donors (Lipinski definition) is 3. The lowest BCUT2D eigenvalue weighted by Crippen LogP contribution is -2.31. The van der Waals surface area contributed by atoms with E-state index in [0.29, 0.717) is 28.4 Å². The third-order valence-electron chi connectivity index (χ3n) is 6.15. The molecular weight excluding hydrogens is 464 g/mol. The number of allylic oxidation sites excluding steroid dienone is 1. The average Bonchev–Trinajstić information content (AvgIpc) is 3.56. The summed E-state index contributed by atoms with van der Waals surface area (Å²) in [6.07, 6.45) is 4.97. The minimum atomic E-state index is 0.219. The molecule has 1 unspecified atom stereocenters. The summed E-state index contributed by atoms with van der Waals surface area (Å²) in [5.74, 6) is 2.54. The monoisotopic (exact) mass is 492 g/mol. The number of nitrogens with zero attached hydrogens (tertiary/aromatic N) is 5. The van der Waals surface area contributed by atoms with E-state index >= 15 is 0 Å². The van der Waals surface area contributed by atoms with E-state index in [-0.39, 0.29) is 6.01 Å². The number of aromatic nitrogens is 5. The average molecular weight is 493 g/mol. The Hall–Kier alpha value is -3.56. The van der Waals surface area contributed by atoms with E-state index in [1.54, 1.807) is 0 Å². The van der Waals surface area contributed by atoms with Crippen LogP contribution in [0.2, 0.25) is 5.02 Å². The van der Waals surface area contributed by atoms with Crippen LogP contribution < -0.4 is 15.0 Å². The number of halogens is 1. The molecule has 35 heavy (non-hydrogen) atoms. The smallest absolute Gasteiger partial charge is 0.325 e. The van der Waals surface area contributed by atoms with Crippen LogP contribution in [0.3, 0.4) is 0 Å². The normalized spacial score (nSPS) is 16.2. The zero-order valence-corrected chi connectivity index (χ0v) is 21.0. The Balaban J connectivity index is 1.48. The number of nitrogens with one attached hydrogen (secondary N) is 3. The lowest BCUT2D eigenvalue weighted by molar-refractivity contribution is 0.315. The molecule has 5 rings (SSSR count). The number of rotatable bonds is 7. The van der Waals surface area contributed by atoms with Gasteiger partial charge in [-0.1, -0.05) is 17.7 Å². The van der Waals surface area contributed by atoms with Crippen molar-refractivity contribution in [1.29, 1.82) is 0 Å². The number of aromatic amines is 2. The molecule has 0 bridgehead atoms. The van der Waals surface area contributed by atoms with Gasteiger partial charge in [-0.25, -0.2) is 0 Å². The third kappa shape index (κ3) is 4.96. The summed E-state index contributed by atoms with van der Waals surface area (Å²) in [5.41, 5.74) is 2.89. The molecule has 9 nitrogen and oxygen atoms in total. The van der Waals surface area contributed by atoms with Crippen LogP contribution in [0.1, 0.15) is 24.7 Å². The summed E-state index contributed by atoms with van der Waals surface area (Å²) in [5, 5.41) is 12.0. The van der Waals surface area contributed by atoms with Gasteiger partial charge in [0.1, 0.15) is 17.4 Å². The van der Waals surface area contributed by atoms with Crippen molar-refractivity contribution in [3.63, 3.8) is 0 Å². The van der Waals surface area contributed by atoms with E-state index in [1.807, 2.05) is 56.3 Å². The highest BCUT2D eigenvalue weighted by atomic mass is 35.5. The SMILES string of the molecule is C/C=C/c1cc(Nc2cc(N3CCC(N(C)C)C3)nc(Oc3ccc4[nH]c(C)cc4c3Cl)n2)n[nH]1. The second kappa shape index (κ2) is 9.59. The van der Waals surface area contributed by atoms with Crippen molar-refractivity contribution in [2.75, 3.05) is 37.4 Å². The van der Waals surface area contributed by atoms with E-state index in [1.165, 1.54) is 0 Å². The van der Waals surface area contributed by atoms with Crippen LogP contribution >= 0.6 is 11.6 Å². The van der Waals surface area contributed by atoms with Crippen molar-refractivity contribution < 1.29 is 4.74 Å². The first-order chi connectivity index (χ1) is 16.9. The van der Waals surface area contributed by atoms with Crippen LogP contribution in [-0.2, 0) is 0 Å². The van der Waals surface area contributed by atoms with Crippen LogP contribution in [0.15, 0.2) is 36.4 Å². The maximum absolute atomic E-state index is 6.67. The summed E-state index contributed by atoms with van der Waals surface area (Å²) in [7, 11) is 4.22. The lowest BCUT2D eigenvalue weighted by Gasteiger charge is -2.21. The van der Waals surface area contributed by atoms with Crippen LogP contribution in [0.25, 0.3) is 17.0 Å². The Kier molecular flexibility index (Phi) is 6.36. The molecule has 0 amide bonds. The summed E-state index contributed by atoms with van der Waals surface area (Å²) >= 11 is 6.67. The number of fused-ring (bicyclic) bond motifs is 1. The van der Waals surface area contributed by atoms with Crippen molar-refractivity contribution in [3.8, 4) is 11.8 Å². The van der Waals surface area contributed by atoms with Gasteiger partial charge in [-0.15, -0.1) is 0 Å². The highest BCUT2D eigenvalue weighted by Gasteiger charge is 2.26. The van der Waals surface area contributed by atoms with Gasteiger partial charge in [0.2, 0.25) is 0 Å². The molecule has 0 spiro atoms. The van der Waals surface area contributed by atoms with Crippen LogP contribution in [0.5, 0.6) is 11.8 Å². The Morgan fingerprint density at radius 1 is 1.20 bits per heavy atom. The van der Waals surface area contributed by atoms with Crippen molar-refractivity contribution >= 4 is 46.0 Å². The molecular formula is C25H29ClN8O. The number of anilines is 3. The minimum absolute atomic E-state index is 0.219. The fourth-order valence-corrected chi connectivity index (χ4v) is 4.58. The van der Waals surface area contributed by atoms with Crippen molar-refractivity contribution in [2.24, 2.45) is 0 Å². The highest BCUT2D eigenvalue weighted by Crippen LogP contribution is 2.36. The number of hydrogen-bond acceptors (Lipinski definition) is 7. The van der Waals surface area contributed by atoms with Gasteiger partial charge in [-0.2, -0.15) is 15.1 Å². The number of benzene rings is 1. The topological polar surface area (TPSA) is 98.0 Å². The zero-order chi connectivity index (χ0) is 24.5. The summed E-state index contributed by atoms with van der Waals surface area (Å²) < 4.78 is 6.14. The van der Waals surface area contributed by atoms with Gasteiger partial charge in [0, 0.05) is 47.9 Å². The third-order valence-corrected chi connectivity index (χ3v) is 6.54. The van der Waals surface area contributed by atoms with E-state index in [9.17, 15) is 0 Å². The molecule has 1 aromatic carbocycles. The molecule has 1 saturated heterocycles. The first-order valence-corrected chi connectivity index (χ1v) is 12.0. The number of likely N-dealkylation sites (N-methyl/N-ethyl adjacent to an activating group) is 1. The zero-order valence-electron chi connectivity index (χ0n) is 20.3. The Bertz CT molecular complexity index is 1380. The summed E-state index contributed by atoms with van der Waals surface area (Å²) in [6, 6.07) is 10.3. The minimum Gasteiger partial charge on any atom is -0.423 e. The maximum Gasteiger partial charge on any atom is 0.325 e. The van der Waals surface area contributed by atoms with Gasteiger partial charge >= 0.3 is 6.01 Å². The molecule has 1 fully saturated rings. The van der Waals surface area contributed by atoms with E-state index in [4.69, 9.17) is 21.3 Å². The number of aryl methyl sites for hydroxylation is 1. The number of ether oxygens (including phenoxy) is 1. The van der Waals surface area contributed by atoms with E-state index < -0.39 is 0 Å². The molecule has 3 aromatic heterocycles. The molecule has 0 radical (unpaired) electrons. The number of H-pyrrole nitrogens is 2. The molecule has 0 saturated carbocycles. The van der Waals surface area contributed by atoms with Gasteiger partial charge in [-0.3, -0.25) is 5.10 Å². The largest absolute Gasteiger partial charge is 0.423 e. The lowest BCUT2D eigenvalue weighted by atomic mass is 10.2. The van der Waals surface area contributed by atoms with Crippen molar-refractivity contribution in [2.45, 2.75) is 26.3 Å². The highest BCUT2D eigenvalue weighted by molar-refractivity contribution is 6.37. The quantitative estimate of drug-likeness (QED) is 0.320. The molecule has 10 heteroatoms. The molecule has 4 heterocycles. The molecule has 182 valence electrons. The van der Waals surface area contributed by atoms with Crippen molar-refractivity contribution in [1.82, 2.24) is 30.0 Å². The predicted octanol–water partition coefficient (Wildman–Crippen LogP) is 5.35. The fraction of sp³-hybridized carbons (Fsp3) is 0.320. The van der Waals surface area contributed by atoms with Gasteiger partial charge in [-0.05, 0) is 58.6 Å². The molecule has 1 aliphatic heterocycles. The fourth-order valence-electron chi connectivity index (χ4n) is 4.32. The Morgan fingerprint density at radius 3 is 2.83 bits per heavy atom. The molecule has 1 atom stereocenters. The van der Waals surface area contributed by atoms with Crippen LogP contribution in [-0.4, -0.2) is 63.3 Å². The van der Waals surface area contributed by atoms with Gasteiger partial charge in [0.15, 0.2) is 5.82 Å². The van der Waals surface area contributed by atoms with Gasteiger partial charge < -0.3 is 24.8 Å². The second-order valence-corrected chi connectivity index (χ2v) is 9.35. The summed E-state index contributed by atoms with van der Waals surface area (Å²) in [4.78, 5) is 17.1. The van der Waals surface area contributed by atoms with Crippen LogP contribution in [0.4, 0.5) is 17.5 Å². The van der Waals surface area contributed by atoms with E-state index in [2.05, 4.69) is 49.4 Å². The second-order valence-electron chi connectivity index (χ2n) is 8.97. The summed E-state index contributed by atoms with van der Waals surface area (Å²) in [6.45, 7) is 5.74. The standard InChI is InChI=1S/C25H29ClN8O/c1-5-6-16-12-22(32-31-16)28-21-13-23(34-10-9-17(14-34)33(3)4)30-25(29-21)35-20-8-7-19-18(24(20)26)11-15(2)27-19/h5-8,11-13,17,27H,9-10,14H2,1-4H3,(H2,28,29,30,31,32)/b6-5+. The van der Waals surface area contributed by atoms with E-state index in [0.717, 1.165) is 47.6 Å².